The number of aliphatic imine (C=N–C) groups is 1. The first-order valence-corrected chi connectivity index (χ1v) is 6.35. The Morgan fingerprint density at radius 2 is 2.05 bits per heavy atom. The number of aromatic nitrogens is 2. The molecule has 1 aliphatic carbocycles. The third-order valence-corrected chi connectivity index (χ3v) is 3.54. The van der Waals surface area contributed by atoms with Gasteiger partial charge in [-0.2, -0.15) is 0 Å². The van der Waals surface area contributed by atoms with Gasteiger partial charge in [0.15, 0.2) is 11.5 Å². The van der Waals surface area contributed by atoms with Crippen molar-refractivity contribution >= 4 is 22.9 Å². The minimum atomic E-state index is -0.244. The molecule has 3 rings (SSSR count). The summed E-state index contributed by atoms with van der Waals surface area (Å²) in [4.78, 5) is 16.4. The van der Waals surface area contributed by atoms with Gasteiger partial charge in [0.2, 0.25) is 0 Å². The van der Waals surface area contributed by atoms with Crippen molar-refractivity contribution in [3.63, 3.8) is 0 Å². The van der Waals surface area contributed by atoms with Gasteiger partial charge >= 0.3 is 0 Å². The first kappa shape index (κ1) is 12.5. The van der Waals surface area contributed by atoms with E-state index in [1.807, 2.05) is 0 Å². The minimum absolute atomic E-state index is 0.129. The summed E-state index contributed by atoms with van der Waals surface area (Å²) in [7, 11) is 0. The molecular formula is C13H15N5O2. The highest BCUT2D eigenvalue weighted by Crippen LogP contribution is 2.24. The average molecular weight is 273 g/mol. The van der Waals surface area contributed by atoms with Crippen molar-refractivity contribution < 1.29 is 5.11 Å². The Hall–Kier alpha value is -2.57. The van der Waals surface area contributed by atoms with E-state index in [0.29, 0.717) is 24.5 Å². The van der Waals surface area contributed by atoms with Gasteiger partial charge < -0.3 is 16.2 Å². The second-order valence-corrected chi connectivity index (χ2v) is 4.91. The van der Waals surface area contributed by atoms with Gasteiger partial charge in [0.1, 0.15) is 11.5 Å². The average Bonchev–Trinajstić information content (AvgIpc) is 2.95. The Balaban J connectivity index is 2.13. The Labute approximate surface area is 114 Å². The molecule has 4 N–H and O–H groups in total. The number of nitrogens with two attached hydrogens (primary N) is 1. The van der Waals surface area contributed by atoms with Gasteiger partial charge in [-0.05, 0) is 25.0 Å². The van der Waals surface area contributed by atoms with E-state index >= 15 is 0 Å². The molecule has 2 heterocycles. The van der Waals surface area contributed by atoms with E-state index in [1.54, 1.807) is 22.4 Å². The topological polar surface area (TPSA) is 109 Å². The Kier molecular flexibility index (Phi) is 2.63. The molecule has 20 heavy (non-hydrogen) atoms. The van der Waals surface area contributed by atoms with E-state index in [1.165, 1.54) is 6.08 Å². The number of aliphatic hydroxyl groups is 1. The summed E-state index contributed by atoms with van der Waals surface area (Å²) >= 11 is 0. The van der Waals surface area contributed by atoms with Crippen LogP contribution < -0.4 is 11.3 Å². The number of nitrogens with one attached hydrogen (secondary N) is 1. The zero-order valence-electron chi connectivity index (χ0n) is 11.1. The van der Waals surface area contributed by atoms with Crippen LogP contribution in [0.5, 0.6) is 0 Å². The Bertz CT molecular complexity index is 760. The molecule has 1 aliphatic heterocycles. The second kappa shape index (κ2) is 4.22. The highest BCUT2D eigenvalue weighted by atomic mass is 16.3. The van der Waals surface area contributed by atoms with Crippen LogP contribution in [0.3, 0.4) is 0 Å². The molecule has 0 amide bonds. The molecule has 0 aromatic carbocycles. The van der Waals surface area contributed by atoms with Gasteiger partial charge in [-0.15, -0.1) is 0 Å². The minimum Gasteiger partial charge on any atom is -0.506 e. The monoisotopic (exact) mass is 273 g/mol. The van der Waals surface area contributed by atoms with Crippen LogP contribution in [-0.2, 0) is 13.1 Å². The number of rotatable bonds is 1. The van der Waals surface area contributed by atoms with Gasteiger partial charge in [-0.3, -0.25) is 9.48 Å². The van der Waals surface area contributed by atoms with Gasteiger partial charge in [0.05, 0.1) is 5.71 Å². The third kappa shape index (κ3) is 1.70. The maximum atomic E-state index is 12.2. The molecule has 1 aromatic rings. The molecule has 7 heteroatoms. The fraction of sp³-hybridized carbons (Fsp3) is 0.308. The number of hydrogen-bond acceptors (Lipinski definition) is 5. The van der Waals surface area contributed by atoms with Crippen molar-refractivity contribution in [1.29, 1.82) is 5.41 Å². The summed E-state index contributed by atoms with van der Waals surface area (Å²) in [6, 6.07) is 0. The molecule has 0 unspecified atom stereocenters. The van der Waals surface area contributed by atoms with E-state index in [0.717, 1.165) is 6.42 Å². The van der Waals surface area contributed by atoms with Crippen molar-refractivity contribution in [2.24, 2.45) is 4.99 Å². The zero-order chi connectivity index (χ0) is 14.4. The molecule has 1 aromatic heterocycles. The van der Waals surface area contributed by atoms with Gasteiger partial charge in [0.25, 0.3) is 5.56 Å². The lowest BCUT2D eigenvalue weighted by Crippen LogP contribution is -2.17. The lowest BCUT2D eigenvalue weighted by molar-refractivity contribution is 0.444. The number of allylic oxidation sites excluding steroid dienone is 3. The molecule has 0 spiro atoms. The molecule has 2 aliphatic rings. The van der Waals surface area contributed by atoms with E-state index in [9.17, 15) is 9.90 Å². The van der Waals surface area contributed by atoms with Crippen LogP contribution in [0.2, 0.25) is 0 Å². The summed E-state index contributed by atoms with van der Waals surface area (Å²) in [5.74, 6) is 0.190. The van der Waals surface area contributed by atoms with Crippen LogP contribution in [0.1, 0.15) is 13.3 Å². The first-order chi connectivity index (χ1) is 9.49. The van der Waals surface area contributed by atoms with Crippen LogP contribution >= 0.6 is 0 Å². The van der Waals surface area contributed by atoms with Crippen LogP contribution in [0.15, 0.2) is 33.3 Å². The summed E-state index contributed by atoms with van der Waals surface area (Å²) in [6.45, 7) is 3.08. The number of nitrogens with zero attached hydrogens (tertiary/aromatic N) is 3. The smallest absolute Gasteiger partial charge is 0.294 e. The maximum absolute atomic E-state index is 12.2. The summed E-state index contributed by atoms with van der Waals surface area (Å²) in [6.07, 6.45) is 3.77. The molecule has 0 saturated carbocycles. The molecule has 0 fully saturated rings. The van der Waals surface area contributed by atoms with Crippen molar-refractivity contribution in [2.75, 3.05) is 5.73 Å². The largest absolute Gasteiger partial charge is 0.506 e. The number of aliphatic hydroxyl groups excluding tert-OH is 1. The molecule has 0 bridgehead atoms. The van der Waals surface area contributed by atoms with E-state index < -0.39 is 0 Å². The molecular weight excluding hydrogens is 258 g/mol. The molecule has 0 saturated heterocycles. The maximum Gasteiger partial charge on any atom is 0.294 e. The molecule has 0 radical (unpaired) electrons. The SMILES string of the molecule is CC1=CC(=Nc2c(N)n3n(c2=O)CCC3)C(O)=CC1=N. The first-order valence-electron chi connectivity index (χ1n) is 6.35. The van der Waals surface area contributed by atoms with Crippen molar-refractivity contribution in [3.8, 4) is 0 Å². The van der Waals surface area contributed by atoms with Gasteiger partial charge in [-0.1, -0.05) is 0 Å². The van der Waals surface area contributed by atoms with E-state index in [4.69, 9.17) is 11.1 Å². The van der Waals surface area contributed by atoms with Crippen molar-refractivity contribution in [2.45, 2.75) is 26.4 Å². The van der Waals surface area contributed by atoms with E-state index in [-0.39, 0.29) is 28.4 Å². The molecule has 0 atom stereocenters. The number of anilines is 1. The Morgan fingerprint density at radius 1 is 1.35 bits per heavy atom. The van der Waals surface area contributed by atoms with Gasteiger partial charge in [-0.25, -0.2) is 9.67 Å². The fourth-order valence-electron chi connectivity index (χ4n) is 2.42. The highest BCUT2D eigenvalue weighted by Gasteiger charge is 2.22. The fourth-order valence-corrected chi connectivity index (χ4v) is 2.42. The standard InChI is InChI=1S/C13H15N5O2/c1-7-5-9(10(19)6-8(7)14)16-11-12(15)17-3-2-4-18(17)13(11)20/h5-6,14,19H,2-4,15H2,1H3. The van der Waals surface area contributed by atoms with Crippen molar-refractivity contribution in [1.82, 2.24) is 9.36 Å². The molecule has 7 nitrogen and oxygen atoms in total. The summed E-state index contributed by atoms with van der Waals surface area (Å²) in [5, 5.41) is 17.4. The number of fused-ring (bicyclic) bond motifs is 1. The highest BCUT2D eigenvalue weighted by molar-refractivity contribution is 6.22. The number of nitrogen functional groups attached to an aromatic ring is 1. The van der Waals surface area contributed by atoms with Crippen LogP contribution in [-0.4, -0.2) is 25.9 Å². The third-order valence-electron chi connectivity index (χ3n) is 3.54. The quantitative estimate of drug-likeness (QED) is 0.667. The summed E-state index contributed by atoms with van der Waals surface area (Å²) in [5.41, 5.74) is 7.01. The predicted molar refractivity (Wildman–Crippen MR) is 77.0 cm³/mol. The number of hydrogen-bond donors (Lipinski definition) is 3. The lowest BCUT2D eigenvalue weighted by Gasteiger charge is -2.09. The second-order valence-electron chi connectivity index (χ2n) is 4.91. The summed E-state index contributed by atoms with van der Waals surface area (Å²) < 4.78 is 3.28. The van der Waals surface area contributed by atoms with Gasteiger partial charge in [0, 0.05) is 19.2 Å². The molecule has 104 valence electrons. The van der Waals surface area contributed by atoms with E-state index in [2.05, 4.69) is 4.99 Å². The van der Waals surface area contributed by atoms with Crippen LogP contribution in [0.4, 0.5) is 11.5 Å². The normalized spacial score (nSPS) is 20.1. The van der Waals surface area contributed by atoms with Crippen LogP contribution in [0.25, 0.3) is 0 Å². The zero-order valence-corrected chi connectivity index (χ0v) is 11.1. The Morgan fingerprint density at radius 3 is 2.75 bits per heavy atom. The van der Waals surface area contributed by atoms with Crippen LogP contribution in [0, 0.1) is 5.41 Å². The predicted octanol–water partition coefficient (Wildman–Crippen LogP) is 1.13. The van der Waals surface area contributed by atoms with Crippen molar-refractivity contribution in [3.05, 3.63) is 33.8 Å². The lowest BCUT2D eigenvalue weighted by atomic mass is 10.0.